The van der Waals surface area contributed by atoms with Crippen molar-refractivity contribution in [1.82, 2.24) is 0 Å². The molecule has 1 unspecified atom stereocenters. The van der Waals surface area contributed by atoms with Gasteiger partial charge in [-0.15, -0.1) is 11.3 Å². The van der Waals surface area contributed by atoms with Crippen LogP contribution in [0.25, 0.3) is 0 Å². The molecule has 2 N–H and O–H groups in total. The van der Waals surface area contributed by atoms with E-state index in [1.54, 1.807) is 23.5 Å². The Morgan fingerprint density at radius 3 is 2.53 bits per heavy atom. The molecule has 1 atom stereocenters. The van der Waals surface area contributed by atoms with Gasteiger partial charge >= 0.3 is 0 Å². The van der Waals surface area contributed by atoms with E-state index in [1.807, 2.05) is 19.9 Å². The Bertz CT molecular complexity index is 550. The third-order valence-corrected chi connectivity index (χ3v) is 4.18. The van der Waals surface area contributed by atoms with Crippen LogP contribution in [0.2, 0.25) is 0 Å². The summed E-state index contributed by atoms with van der Waals surface area (Å²) in [6.45, 7) is 4.05. The lowest BCUT2D eigenvalue weighted by Crippen LogP contribution is -2.13. The molecule has 0 radical (unpaired) electrons. The average Bonchev–Trinajstić information content (AvgIpc) is 2.60. The monoisotopic (exact) mass is 313 g/mol. The second-order valence-corrected chi connectivity index (χ2v) is 6.39. The second kappa shape index (κ2) is 4.88. The van der Waals surface area contributed by atoms with E-state index in [-0.39, 0.29) is 5.82 Å². The van der Waals surface area contributed by atoms with Crippen molar-refractivity contribution in [1.29, 1.82) is 0 Å². The summed E-state index contributed by atoms with van der Waals surface area (Å²) in [5, 5.41) is 0. The standard InChI is InChI=1S/C13H13BrFNS/c1-7-5-10(8(2)17-7)13(16)11-6-9(14)3-4-12(11)15/h3-6,13H,16H2,1-2H3. The summed E-state index contributed by atoms with van der Waals surface area (Å²) in [7, 11) is 0. The molecule has 0 bridgehead atoms. The van der Waals surface area contributed by atoms with Gasteiger partial charge in [-0.2, -0.15) is 0 Å². The first-order valence-electron chi connectivity index (χ1n) is 5.26. The van der Waals surface area contributed by atoms with Crippen LogP contribution in [0.4, 0.5) is 4.39 Å². The number of hydrogen-bond donors (Lipinski definition) is 1. The maximum atomic E-state index is 13.7. The van der Waals surface area contributed by atoms with Gasteiger partial charge in [-0.25, -0.2) is 4.39 Å². The van der Waals surface area contributed by atoms with Crippen molar-refractivity contribution >= 4 is 27.3 Å². The quantitative estimate of drug-likeness (QED) is 0.878. The summed E-state index contributed by atoms with van der Waals surface area (Å²) in [5.41, 5.74) is 7.68. The molecule has 1 aromatic carbocycles. The lowest BCUT2D eigenvalue weighted by molar-refractivity contribution is 0.599. The predicted molar refractivity (Wildman–Crippen MR) is 73.9 cm³/mol. The van der Waals surface area contributed by atoms with Gasteiger partial charge in [0.25, 0.3) is 0 Å². The molecule has 4 heteroatoms. The topological polar surface area (TPSA) is 26.0 Å². The van der Waals surface area contributed by atoms with E-state index < -0.39 is 6.04 Å². The fraction of sp³-hybridized carbons (Fsp3) is 0.231. The molecule has 1 nitrogen and oxygen atoms in total. The van der Waals surface area contributed by atoms with Crippen LogP contribution in [-0.2, 0) is 0 Å². The van der Waals surface area contributed by atoms with Crippen molar-refractivity contribution in [3.63, 3.8) is 0 Å². The Morgan fingerprint density at radius 2 is 1.94 bits per heavy atom. The molecule has 0 saturated carbocycles. The molecular formula is C13H13BrFNS. The van der Waals surface area contributed by atoms with Crippen molar-refractivity contribution in [3.8, 4) is 0 Å². The van der Waals surface area contributed by atoms with Gasteiger partial charge in [-0.1, -0.05) is 15.9 Å². The third-order valence-electron chi connectivity index (χ3n) is 2.71. The zero-order chi connectivity index (χ0) is 12.6. The second-order valence-electron chi connectivity index (χ2n) is 4.01. The molecule has 17 heavy (non-hydrogen) atoms. The van der Waals surface area contributed by atoms with Crippen LogP contribution in [0.3, 0.4) is 0 Å². The van der Waals surface area contributed by atoms with E-state index >= 15 is 0 Å². The van der Waals surface area contributed by atoms with Gasteiger partial charge in [0, 0.05) is 19.8 Å². The maximum Gasteiger partial charge on any atom is 0.128 e. The molecule has 2 aromatic rings. The van der Waals surface area contributed by atoms with Crippen LogP contribution >= 0.6 is 27.3 Å². The lowest BCUT2D eigenvalue weighted by Gasteiger charge is -2.13. The number of rotatable bonds is 2. The first kappa shape index (κ1) is 12.7. The fourth-order valence-corrected chi connectivity index (χ4v) is 3.23. The summed E-state index contributed by atoms with van der Waals surface area (Å²) >= 11 is 5.03. The zero-order valence-electron chi connectivity index (χ0n) is 9.63. The molecule has 0 amide bonds. The molecule has 0 saturated heterocycles. The minimum Gasteiger partial charge on any atom is -0.320 e. The normalized spacial score (nSPS) is 12.8. The number of nitrogens with two attached hydrogens (primary N) is 1. The van der Waals surface area contributed by atoms with Gasteiger partial charge in [0.2, 0.25) is 0 Å². The molecule has 0 aliphatic heterocycles. The minimum atomic E-state index is -0.405. The van der Waals surface area contributed by atoms with Gasteiger partial charge in [0.1, 0.15) is 5.82 Å². The number of hydrogen-bond acceptors (Lipinski definition) is 2. The summed E-state index contributed by atoms with van der Waals surface area (Å²) in [6.07, 6.45) is 0. The Kier molecular flexibility index (Phi) is 3.66. The van der Waals surface area contributed by atoms with E-state index in [2.05, 4.69) is 15.9 Å². The van der Waals surface area contributed by atoms with Gasteiger partial charge in [0.05, 0.1) is 6.04 Å². The summed E-state index contributed by atoms with van der Waals surface area (Å²) < 4.78 is 14.6. The average molecular weight is 314 g/mol. The Balaban J connectivity index is 2.46. The van der Waals surface area contributed by atoms with Crippen LogP contribution in [0, 0.1) is 19.7 Å². The first-order valence-corrected chi connectivity index (χ1v) is 6.87. The third kappa shape index (κ3) is 2.59. The molecule has 1 aromatic heterocycles. The predicted octanol–water partition coefficient (Wildman–Crippen LogP) is 4.31. The number of benzene rings is 1. The molecule has 1 heterocycles. The molecule has 2 rings (SSSR count). The molecule has 0 aliphatic rings. The molecule has 0 fully saturated rings. The number of thiophene rings is 1. The largest absolute Gasteiger partial charge is 0.320 e. The molecule has 0 spiro atoms. The van der Waals surface area contributed by atoms with Crippen LogP contribution in [0.5, 0.6) is 0 Å². The Hall–Kier alpha value is -0.710. The van der Waals surface area contributed by atoms with E-state index in [0.717, 1.165) is 14.9 Å². The SMILES string of the molecule is Cc1cc(C(N)c2cc(Br)ccc2F)c(C)s1. The molecule has 0 aliphatic carbocycles. The van der Waals surface area contributed by atoms with Crippen molar-refractivity contribution in [3.05, 3.63) is 55.4 Å². The smallest absolute Gasteiger partial charge is 0.128 e. The highest BCUT2D eigenvalue weighted by molar-refractivity contribution is 9.10. The van der Waals surface area contributed by atoms with E-state index in [9.17, 15) is 4.39 Å². The van der Waals surface area contributed by atoms with Gasteiger partial charge in [-0.3, -0.25) is 0 Å². The summed E-state index contributed by atoms with van der Waals surface area (Å²) in [5.74, 6) is -0.260. The molecular weight excluding hydrogens is 301 g/mol. The van der Waals surface area contributed by atoms with Crippen molar-refractivity contribution in [2.24, 2.45) is 5.73 Å². The number of halogens is 2. The number of aryl methyl sites for hydroxylation is 2. The van der Waals surface area contributed by atoms with Gasteiger partial charge in [0.15, 0.2) is 0 Å². The van der Waals surface area contributed by atoms with Gasteiger partial charge in [-0.05, 0) is 43.7 Å². The van der Waals surface area contributed by atoms with E-state index in [0.29, 0.717) is 5.56 Å². The Morgan fingerprint density at radius 1 is 1.24 bits per heavy atom. The fourth-order valence-electron chi connectivity index (χ4n) is 1.88. The summed E-state index contributed by atoms with van der Waals surface area (Å²) in [6, 6.07) is 6.49. The van der Waals surface area contributed by atoms with Crippen molar-refractivity contribution < 1.29 is 4.39 Å². The highest BCUT2D eigenvalue weighted by Gasteiger charge is 2.17. The lowest BCUT2D eigenvalue weighted by atomic mass is 9.99. The Labute approximate surface area is 113 Å². The van der Waals surface area contributed by atoms with Crippen LogP contribution in [-0.4, -0.2) is 0 Å². The maximum absolute atomic E-state index is 13.7. The zero-order valence-corrected chi connectivity index (χ0v) is 12.0. The van der Waals surface area contributed by atoms with Gasteiger partial charge < -0.3 is 5.73 Å². The highest BCUT2D eigenvalue weighted by Crippen LogP contribution is 2.31. The van der Waals surface area contributed by atoms with Crippen molar-refractivity contribution in [2.45, 2.75) is 19.9 Å². The minimum absolute atomic E-state index is 0.260. The van der Waals surface area contributed by atoms with Crippen LogP contribution in [0.1, 0.15) is 26.9 Å². The van der Waals surface area contributed by atoms with Crippen LogP contribution < -0.4 is 5.73 Å². The van der Waals surface area contributed by atoms with Crippen LogP contribution in [0.15, 0.2) is 28.7 Å². The van der Waals surface area contributed by atoms with E-state index in [4.69, 9.17) is 5.73 Å². The highest BCUT2D eigenvalue weighted by atomic mass is 79.9. The first-order chi connectivity index (χ1) is 7.99. The van der Waals surface area contributed by atoms with Crippen molar-refractivity contribution in [2.75, 3.05) is 0 Å². The molecule has 90 valence electrons. The van der Waals surface area contributed by atoms with E-state index in [1.165, 1.54) is 10.9 Å². The summed E-state index contributed by atoms with van der Waals surface area (Å²) in [4.78, 5) is 2.35.